The molecular weight excluding hydrogens is 300 g/mol. The zero-order valence-electron chi connectivity index (χ0n) is 14.5. The normalized spacial score (nSPS) is 26.7. The SMILES string of the molecule is NC[C@H]1CC[C@@H](C(=O)NCC2(c3ccccc3)CCCCCC2)O1. The van der Waals surface area contributed by atoms with Gasteiger partial charge in [-0.3, -0.25) is 4.79 Å². The first-order chi connectivity index (χ1) is 11.7. The van der Waals surface area contributed by atoms with Crippen molar-refractivity contribution in [1.82, 2.24) is 5.32 Å². The monoisotopic (exact) mass is 330 g/mol. The summed E-state index contributed by atoms with van der Waals surface area (Å²) in [6, 6.07) is 10.7. The van der Waals surface area contributed by atoms with Crippen LogP contribution in [0.2, 0.25) is 0 Å². The van der Waals surface area contributed by atoms with Crippen LogP contribution in [0.25, 0.3) is 0 Å². The Hall–Kier alpha value is -1.39. The van der Waals surface area contributed by atoms with Crippen molar-refractivity contribution in [3.8, 4) is 0 Å². The highest BCUT2D eigenvalue weighted by Crippen LogP contribution is 2.38. The summed E-state index contributed by atoms with van der Waals surface area (Å²) >= 11 is 0. The number of carbonyl (C=O) groups is 1. The first-order valence-electron chi connectivity index (χ1n) is 9.42. The molecule has 4 nitrogen and oxygen atoms in total. The van der Waals surface area contributed by atoms with E-state index >= 15 is 0 Å². The van der Waals surface area contributed by atoms with Gasteiger partial charge in [0, 0.05) is 18.5 Å². The first kappa shape index (κ1) is 17.4. The number of hydrogen-bond donors (Lipinski definition) is 2. The Labute approximate surface area is 145 Å². The second kappa shape index (κ2) is 8.13. The maximum absolute atomic E-state index is 12.5. The van der Waals surface area contributed by atoms with Gasteiger partial charge in [0.25, 0.3) is 0 Å². The van der Waals surface area contributed by atoms with Crippen molar-refractivity contribution in [2.75, 3.05) is 13.1 Å². The third-order valence-electron chi connectivity index (χ3n) is 5.71. The molecule has 1 aromatic carbocycles. The highest BCUT2D eigenvalue weighted by molar-refractivity contribution is 5.81. The van der Waals surface area contributed by atoms with E-state index in [0.29, 0.717) is 13.1 Å². The number of carbonyl (C=O) groups excluding carboxylic acids is 1. The van der Waals surface area contributed by atoms with E-state index in [1.54, 1.807) is 0 Å². The summed E-state index contributed by atoms with van der Waals surface area (Å²) in [5, 5.41) is 3.20. The Bertz CT molecular complexity index is 524. The largest absolute Gasteiger partial charge is 0.364 e. The molecule has 2 fully saturated rings. The molecule has 1 aliphatic heterocycles. The van der Waals surface area contributed by atoms with Crippen LogP contribution in [-0.4, -0.2) is 31.2 Å². The molecule has 0 radical (unpaired) electrons. The minimum Gasteiger partial charge on any atom is -0.364 e. The number of rotatable bonds is 5. The molecule has 0 aromatic heterocycles. The first-order valence-corrected chi connectivity index (χ1v) is 9.42. The minimum absolute atomic E-state index is 0.0329. The Balaban J connectivity index is 1.67. The van der Waals surface area contributed by atoms with Crippen molar-refractivity contribution in [2.45, 2.75) is 69.0 Å². The van der Waals surface area contributed by atoms with Crippen molar-refractivity contribution >= 4 is 5.91 Å². The molecule has 0 unspecified atom stereocenters. The molecule has 3 N–H and O–H groups in total. The molecule has 24 heavy (non-hydrogen) atoms. The van der Waals surface area contributed by atoms with E-state index in [-0.39, 0.29) is 23.5 Å². The molecule has 1 saturated heterocycles. The molecule has 0 bridgehead atoms. The van der Waals surface area contributed by atoms with Crippen LogP contribution in [0.4, 0.5) is 0 Å². The lowest BCUT2D eigenvalue weighted by Gasteiger charge is -2.34. The van der Waals surface area contributed by atoms with Gasteiger partial charge in [0.05, 0.1) is 6.10 Å². The zero-order valence-corrected chi connectivity index (χ0v) is 14.5. The fourth-order valence-corrected chi connectivity index (χ4v) is 4.21. The summed E-state index contributed by atoms with van der Waals surface area (Å²) in [7, 11) is 0. The molecule has 1 heterocycles. The second-order valence-electron chi connectivity index (χ2n) is 7.34. The molecule has 1 saturated carbocycles. The smallest absolute Gasteiger partial charge is 0.249 e. The maximum atomic E-state index is 12.5. The summed E-state index contributed by atoms with van der Waals surface area (Å²) in [6.07, 6.45) is 8.75. The van der Waals surface area contributed by atoms with Crippen LogP contribution in [0.1, 0.15) is 56.9 Å². The molecule has 132 valence electrons. The van der Waals surface area contributed by atoms with Crippen LogP contribution in [0.3, 0.4) is 0 Å². The molecular formula is C20H30N2O2. The lowest BCUT2D eigenvalue weighted by atomic mass is 9.74. The number of amides is 1. The van der Waals surface area contributed by atoms with Crippen LogP contribution in [-0.2, 0) is 14.9 Å². The van der Waals surface area contributed by atoms with E-state index < -0.39 is 0 Å². The van der Waals surface area contributed by atoms with Crippen molar-refractivity contribution < 1.29 is 9.53 Å². The molecule has 3 rings (SSSR count). The predicted octanol–water partition coefficient (Wildman–Crippen LogP) is 2.90. The number of nitrogens with one attached hydrogen (secondary N) is 1. The highest BCUT2D eigenvalue weighted by Gasteiger charge is 2.35. The highest BCUT2D eigenvalue weighted by atomic mass is 16.5. The molecule has 2 atom stereocenters. The van der Waals surface area contributed by atoms with E-state index in [0.717, 1.165) is 25.7 Å². The minimum atomic E-state index is -0.322. The van der Waals surface area contributed by atoms with Gasteiger partial charge in [-0.2, -0.15) is 0 Å². The van der Waals surface area contributed by atoms with Gasteiger partial charge in [0.1, 0.15) is 6.10 Å². The van der Waals surface area contributed by atoms with E-state index in [1.807, 2.05) is 0 Å². The Morgan fingerprint density at radius 2 is 1.83 bits per heavy atom. The number of hydrogen-bond acceptors (Lipinski definition) is 3. The van der Waals surface area contributed by atoms with Crippen molar-refractivity contribution in [3.63, 3.8) is 0 Å². The number of nitrogens with two attached hydrogens (primary N) is 1. The van der Waals surface area contributed by atoms with E-state index in [4.69, 9.17) is 10.5 Å². The lowest BCUT2D eigenvalue weighted by Crippen LogP contribution is -2.44. The van der Waals surface area contributed by atoms with E-state index in [9.17, 15) is 4.79 Å². The van der Waals surface area contributed by atoms with Gasteiger partial charge in [-0.25, -0.2) is 0 Å². The third kappa shape index (κ3) is 3.98. The van der Waals surface area contributed by atoms with Gasteiger partial charge in [0.15, 0.2) is 0 Å². The molecule has 1 aliphatic carbocycles. The van der Waals surface area contributed by atoms with Crippen LogP contribution >= 0.6 is 0 Å². The molecule has 4 heteroatoms. The van der Waals surface area contributed by atoms with E-state index in [2.05, 4.69) is 35.6 Å². The van der Waals surface area contributed by atoms with Gasteiger partial charge in [-0.1, -0.05) is 56.0 Å². The van der Waals surface area contributed by atoms with Crippen LogP contribution in [0, 0.1) is 0 Å². The number of ether oxygens (including phenoxy) is 1. The Kier molecular flexibility index (Phi) is 5.90. The standard InChI is InChI=1S/C20H30N2O2/c21-14-17-10-11-18(24-17)19(23)22-15-20(12-6-1-2-7-13-20)16-8-4-3-5-9-16/h3-5,8-9,17-18H,1-2,6-7,10-15,21H2,(H,22,23)/t17-,18+/m1/s1. The summed E-state index contributed by atoms with van der Waals surface area (Å²) < 4.78 is 5.74. The van der Waals surface area contributed by atoms with Crippen LogP contribution in [0.5, 0.6) is 0 Å². The topological polar surface area (TPSA) is 64.4 Å². The average Bonchev–Trinajstić information content (AvgIpc) is 2.99. The van der Waals surface area contributed by atoms with E-state index in [1.165, 1.54) is 31.2 Å². The molecule has 1 aromatic rings. The fraction of sp³-hybridized carbons (Fsp3) is 0.650. The van der Waals surface area contributed by atoms with Crippen molar-refractivity contribution in [3.05, 3.63) is 35.9 Å². The quantitative estimate of drug-likeness (QED) is 0.816. The Morgan fingerprint density at radius 3 is 2.46 bits per heavy atom. The molecule has 1 amide bonds. The predicted molar refractivity (Wildman–Crippen MR) is 95.8 cm³/mol. The fourth-order valence-electron chi connectivity index (χ4n) is 4.21. The summed E-state index contributed by atoms with van der Waals surface area (Å²) in [6.45, 7) is 1.21. The summed E-state index contributed by atoms with van der Waals surface area (Å²) in [4.78, 5) is 12.5. The average molecular weight is 330 g/mol. The molecule has 0 spiro atoms. The lowest BCUT2D eigenvalue weighted by molar-refractivity contribution is -0.132. The second-order valence-corrected chi connectivity index (χ2v) is 7.34. The van der Waals surface area contributed by atoms with Gasteiger partial charge in [-0.15, -0.1) is 0 Å². The third-order valence-corrected chi connectivity index (χ3v) is 5.71. The van der Waals surface area contributed by atoms with Gasteiger partial charge in [-0.05, 0) is 31.2 Å². The Morgan fingerprint density at radius 1 is 1.12 bits per heavy atom. The maximum Gasteiger partial charge on any atom is 0.249 e. The van der Waals surface area contributed by atoms with Gasteiger partial charge >= 0.3 is 0 Å². The van der Waals surface area contributed by atoms with Gasteiger partial charge in [0.2, 0.25) is 5.91 Å². The zero-order chi connectivity index (χ0) is 16.8. The van der Waals surface area contributed by atoms with Crippen molar-refractivity contribution in [1.29, 1.82) is 0 Å². The van der Waals surface area contributed by atoms with Crippen LogP contribution < -0.4 is 11.1 Å². The summed E-state index contributed by atoms with van der Waals surface area (Å²) in [5.41, 5.74) is 7.07. The van der Waals surface area contributed by atoms with Crippen molar-refractivity contribution in [2.24, 2.45) is 5.73 Å². The van der Waals surface area contributed by atoms with Crippen LogP contribution in [0.15, 0.2) is 30.3 Å². The number of benzene rings is 1. The summed E-state index contributed by atoms with van der Waals surface area (Å²) in [5.74, 6) is 0.0329. The van der Waals surface area contributed by atoms with Gasteiger partial charge < -0.3 is 15.8 Å². The molecule has 2 aliphatic rings.